The number of ether oxygens (including phenoxy) is 1. The quantitative estimate of drug-likeness (QED) is 0.878. The van der Waals surface area contributed by atoms with Crippen molar-refractivity contribution in [3.05, 3.63) is 24.4 Å². The van der Waals surface area contributed by atoms with E-state index < -0.39 is 5.97 Å². The van der Waals surface area contributed by atoms with Gasteiger partial charge in [-0.3, -0.25) is 9.78 Å². The molecule has 4 rings (SSSR count). The number of hydrogen-bond donors (Lipinski definition) is 2. The van der Waals surface area contributed by atoms with Crippen molar-refractivity contribution in [2.75, 3.05) is 24.6 Å². The van der Waals surface area contributed by atoms with Crippen molar-refractivity contribution in [1.29, 1.82) is 0 Å². The molecule has 0 unspecified atom stereocenters. The largest absolute Gasteiger partial charge is 0.508 e. The summed E-state index contributed by atoms with van der Waals surface area (Å²) in [6.45, 7) is 4.19. The third-order valence-electron chi connectivity index (χ3n) is 5.82. The van der Waals surface area contributed by atoms with Crippen LogP contribution in [0.1, 0.15) is 26.2 Å². The molecule has 1 aliphatic heterocycles. The van der Waals surface area contributed by atoms with E-state index in [1.54, 1.807) is 24.4 Å². The fraction of sp³-hybridized carbons (Fsp3) is 0.500. The number of phenols is 1. The molecule has 3 atom stereocenters. The lowest BCUT2D eigenvalue weighted by Gasteiger charge is -2.38. The first-order valence-corrected chi connectivity index (χ1v) is 9.25. The monoisotopic (exact) mass is 356 g/mol. The van der Waals surface area contributed by atoms with Gasteiger partial charge in [0.15, 0.2) is 5.75 Å². The number of nitrogens with zero attached hydrogens (tertiary/aromatic N) is 2. The van der Waals surface area contributed by atoms with Gasteiger partial charge in [-0.15, -0.1) is 0 Å². The van der Waals surface area contributed by atoms with Gasteiger partial charge in [-0.05, 0) is 49.3 Å². The summed E-state index contributed by atoms with van der Waals surface area (Å²) >= 11 is 0. The highest BCUT2D eigenvalue weighted by molar-refractivity contribution is 5.96. The maximum atomic E-state index is 11.5. The van der Waals surface area contributed by atoms with Crippen LogP contribution in [-0.2, 0) is 4.79 Å². The van der Waals surface area contributed by atoms with E-state index in [2.05, 4.69) is 9.88 Å². The fourth-order valence-electron chi connectivity index (χ4n) is 4.37. The molecule has 2 N–H and O–H groups in total. The number of benzene rings is 1. The zero-order valence-electron chi connectivity index (χ0n) is 14.9. The van der Waals surface area contributed by atoms with E-state index in [0.29, 0.717) is 12.5 Å². The van der Waals surface area contributed by atoms with Crippen LogP contribution in [-0.4, -0.2) is 40.9 Å². The van der Waals surface area contributed by atoms with Gasteiger partial charge >= 0.3 is 5.97 Å². The number of aromatic nitrogens is 1. The summed E-state index contributed by atoms with van der Waals surface area (Å²) in [5.41, 5.74) is 1.78. The highest BCUT2D eigenvalue weighted by atomic mass is 16.5. The van der Waals surface area contributed by atoms with Crippen LogP contribution in [0.4, 0.5) is 5.69 Å². The summed E-state index contributed by atoms with van der Waals surface area (Å²) in [6, 6.07) is 5.17. The molecule has 2 aromatic rings. The molecular weight excluding hydrogens is 332 g/mol. The van der Waals surface area contributed by atoms with E-state index in [4.69, 9.17) is 4.74 Å². The lowest BCUT2D eigenvalue weighted by atomic mass is 9.74. The highest BCUT2D eigenvalue weighted by Gasteiger charge is 2.34. The van der Waals surface area contributed by atoms with Gasteiger partial charge in [0.2, 0.25) is 0 Å². The molecule has 0 amide bonds. The normalized spacial score (nSPS) is 25.6. The second-order valence-corrected chi connectivity index (χ2v) is 7.57. The molecule has 138 valence electrons. The van der Waals surface area contributed by atoms with Gasteiger partial charge < -0.3 is 19.8 Å². The molecule has 26 heavy (non-hydrogen) atoms. The maximum absolute atomic E-state index is 11.5. The second kappa shape index (κ2) is 6.67. The van der Waals surface area contributed by atoms with Crippen molar-refractivity contribution in [2.24, 2.45) is 17.8 Å². The van der Waals surface area contributed by atoms with Crippen LogP contribution in [0.5, 0.6) is 11.5 Å². The SMILES string of the molecule is C[C@H]1CC[C@H](CN2CCOc3cnc4ccc(O)cc4c32)C[C@H]1C(=O)O. The third-order valence-corrected chi connectivity index (χ3v) is 5.82. The summed E-state index contributed by atoms with van der Waals surface area (Å²) in [7, 11) is 0. The number of pyridine rings is 1. The van der Waals surface area contributed by atoms with Crippen molar-refractivity contribution in [1.82, 2.24) is 4.98 Å². The molecule has 1 saturated carbocycles. The number of carboxylic acids is 1. The number of anilines is 1. The summed E-state index contributed by atoms with van der Waals surface area (Å²) in [5.74, 6) is 0.585. The highest BCUT2D eigenvalue weighted by Crippen LogP contribution is 2.41. The van der Waals surface area contributed by atoms with E-state index in [-0.39, 0.29) is 17.6 Å². The number of fused-ring (bicyclic) bond motifs is 3. The lowest BCUT2D eigenvalue weighted by Crippen LogP contribution is -2.40. The molecule has 2 heterocycles. The first-order chi connectivity index (χ1) is 12.5. The topological polar surface area (TPSA) is 82.9 Å². The first kappa shape index (κ1) is 16.9. The Labute approximate surface area is 152 Å². The van der Waals surface area contributed by atoms with Gasteiger partial charge in [-0.1, -0.05) is 6.92 Å². The average molecular weight is 356 g/mol. The Hall–Kier alpha value is -2.50. The molecule has 0 saturated heterocycles. The second-order valence-electron chi connectivity index (χ2n) is 7.57. The number of aliphatic carboxylic acids is 1. The Balaban J connectivity index is 1.64. The molecule has 1 aromatic heterocycles. The summed E-state index contributed by atoms with van der Waals surface area (Å²) in [6.07, 6.45) is 4.46. The van der Waals surface area contributed by atoms with Crippen LogP contribution < -0.4 is 9.64 Å². The molecule has 1 aromatic carbocycles. The number of rotatable bonds is 3. The molecule has 6 heteroatoms. The van der Waals surface area contributed by atoms with Crippen LogP contribution in [0.25, 0.3) is 10.9 Å². The predicted octanol–water partition coefficient (Wildman–Crippen LogP) is 3.28. The Kier molecular flexibility index (Phi) is 4.34. The van der Waals surface area contributed by atoms with Gasteiger partial charge in [-0.2, -0.15) is 0 Å². The van der Waals surface area contributed by atoms with E-state index in [1.165, 1.54) is 0 Å². The number of hydrogen-bond acceptors (Lipinski definition) is 5. The molecule has 0 bridgehead atoms. The van der Waals surface area contributed by atoms with Crippen molar-refractivity contribution in [3.8, 4) is 11.5 Å². The van der Waals surface area contributed by atoms with Gasteiger partial charge in [0.1, 0.15) is 12.4 Å². The van der Waals surface area contributed by atoms with Gasteiger partial charge in [0.05, 0.1) is 29.9 Å². The third kappa shape index (κ3) is 3.04. The Morgan fingerprint density at radius 2 is 2.23 bits per heavy atom. The van der Waals surface area contributed by atoms with Crippen molar-refractivity contribution < 1.29 is 19.7 Å². The molecule has 1 aliphatic carbocycles. The molecule has 2 aliphatic rings. The first-order valence-electron chi connectivity index (χ1n) is 9.25. The standard InChI is InChI=1S/C20H24N2O4/c1-12-2-3-13(8-15(12)20(24)25)11-22-6-7-26-18-10-21-17-5-4-14(23)9-16(17)19(18)22/h4-5,9-10,12-13,15,23H,2-3,6-8,11H2,1H3,(H,24,25)/t12-,13-,15+/m0/s1. The Morgan fingerprint density at radius 3 is 3.04 bits per heavy atom. The van der Waals surface area contributed by atoms with Crippen molar-refractivity contribution >= 4 is 22.6 Å². The zero-order valence-corrected chi connectivity index (χ0v) is 14.9. The van der Waals surface area contributed by atoms with E-state index >= 15 is 0 Å². The lowest BCUT2D eigenvalue weighted by molar-refractivity contribution is -0.145. The van der Waals surface area contributed by atoms with E-state index in [9.17, 15) is 15.0 Å². The van der Waals surface area contributed by atoms with Gasteiger partial charge in [0, 0.05) is 11.9 Å². The summed E-state index contributed by atoms with van der Waals surface area (Å²) in [4.78, 5) is 18.2. The summed E-state index contributed by atoms with van der Waals surface area (Å²) in [5, 5.41) is 20.3. The van der Waals surface area contributed by atoms with Gasteiger partial charge in [-0.25, -0.2) is 0 Å². The minimum absolute atomic E-state index is 0.204. The molecule has 6 nitrogen and oxygen atoms in total. The number of carbonyl (C=O) groups is 1. The fourth-order valence-corrected chi connectivity index (χ4v) is 4.37. The molecule has 0 radical (unpaired) electrons. The van der Waals surface area contributed by atoms with E-state index in [0.717, 1.165) is 54.7 Å². The van der Waals surface area contributed by atoms with Crippen LogP contribution in [0.2, 0.25) is 0 Å². The molecular formula is C20H24N2O4. The summed E-state index contributed by atoms with van der Waals surface area (Å²) < 4.78 is 5.79. The minimum atomic E-state index is -0.677. The minimum Gasteiger partial charge on any atom is -0.508 e. The Morgan fingerprint density at radius 1 is 1.38 bits per heavy atom. The van der Waals surface area contributed by atoms with Crippen LogP contribution in [0.15, 0.2) is 24.4 Å². The van der Waals surface area contributed by atoms with Crippen molar-refractivity contribution in [3.63, 3.8) is 0 Å². The average Bonchev–Trinajstić information content (AvgIpc) is 2.63. The predicted molar refractivity (Wildman–Crippen MR) is 98.7 cm³/mol. The smallest absolute Gasteiger partial charge is 0.306 e. The molecule has 0 spiro atoms. The van der Waals surface area contributed by atoms with Crippen molar-refractivity contribution in [2.45, 2.75) is 26.2 Å². The van der Waals surface area contributed by atoms with Crippen LogP contribution in [0.3, 0.4) is 0 Å². The van der Waals surface area contributed by atoms with Gasteiger partial charge in [0.25, 0.3) is 0 Å². The Bertz CT molecular complexity index is 838. The zero-order chi connectivity index (χ0) is 18.3. The van der Waals surface area contributed by atoms with Crippen LogP contribution in [0, 0.1) is 17.8 Å². The number of phenolic OH excluding ortho intramolecular Hbond substituents is 1. The number of carboxylic acid groups (broad SMARTS) is 1. The number of aromatic hydroxyl groups is 1. The molecule has 1 fully saturated rings. The van der Waals surface area contributed by atoms with Crippen LogP contribution >= 0.6 is 0 Å². The maximum Gasteiger partial charge on any atom is 0.306 e. The van der Waals surface area contributed by atoms with E-state index in [1.807, 2.05) is 6.92 Å².